The Morgan fingerprint density at radius 3 is 2.93 bits per heavy atom. The van der Waals surface area contributed by atoms with E-state index in [9.17, 15) is 4.79 Å². The summed E-state index contributed by atoms with van der Waals surface area (Å²) in [5.74, 6) is -0.598. The molecule has 15 heavy (non-hydrogen) atoms. The van der Waals surface area contributed by atoms with Crippen molar-refractivity contribution in [3.05, 3.63) is 29.0 Å². The fourth-order valence-electron chi connectivity index (χ4n) is 1.30. The highest BCUT2D eigenvalue weighted by molar-refractivity contribution is 6.30. The van der Waals surface area contributed by atoms with Gasteiger partial charge >= 0.3 is 5.97 Å². The third-order valence-electron chi connectivity index (χ3n) is 1.94. The molecule has 2 rings (SSSR count). The number of methoxy groups -OCH3 is 1. The molecule has 2 heterocycles. The van der Waals surface area contributed by atoms with E-state index in [1.807, 2.05) is 0 Å². The molecule has 1 N–H and O–H groups in total. The Hall–Kier alpha value is -1.75. The normalized spacial score (nSPS) is 10.5. The van der Waals surface area contributed by atoms with E-state index in [1.165, 1.54) is 23.9 Å². The van der Waals surface area contributed by atoms with Gasteiger partial charge in [-0.25, -0.2) is 9.31 Å². The summed E-state index contributed by atoms with van der Waals surface area (Å²) in [7, 11) is 1.49. The smallest absolute Gasteiger partial charge is 0.356 e. The maximum atomic E-state index is 10.7. The second kappa shape index (κ2) is 3.43. The van der Waals surface area contributed by atoms with Gasteiger partial charge in [-0.05, 0) is 0 Å². The number of pyridine rings is 1. The summed E-state index contributed by atoms with van der Waals surface area (Å²) in [6.07, 6.45) is 1.52. The van der Waals surface area contributed by atoms with Crippen LogP contribution < -0.4 is 4.74 Å². The first-order chi connectivity index (χ1) is 7.11. The second-order valence-electron chi connectivity index (χ2n) is 2.89. The lowest BCUT2D eigenvalue weighted by molar-refractivity contribution is 0.0690. The minimum absolute atomic E-state index is 0.0458. The number of rotatable bonds is 2. The summed E-state index contributed by atoms with van der Waals surface area (Å²) >= 11 is 5.80. The Kier molecular flexibility index (Phi) is 2.24. The summed E-state index contributed by atoms with van der Waals surface area (Å²) in [5, 5.41) is 13.0. The molecule has 6 heteroatoms. The highest BCUT2D eigenvalue weighted by Gasteiger charge is 2.12. The zero-order valence-corrected chi connectivity index (χ0v) is 8.52. The van der Waals surface area contributed by atoms with E-state index in [2.05, 4.69) is 5.10 Å². The standard InChI is InChI=1S/C9H7ClN2O3/c1-15-8-2-5(10)4-12-7(8)3-6(11-12)9(13)14/h2-4H,1H3,(H,13,14). The summed E-state index contributed by atoms with van der Waals surface area (Å²) < 4.78 is 6.44. The molecule has 0 amide bonds. The fraction of sp³-hybridized carbons (Fsp3) is 0.111. The average molecular weight is 227 g/mol. The lowest BCUT2D eigenvalue weighted by Gasteiger charge is -2.02. The molecule has 0 fully saturated rings. The summed E-state index contributed by atoms with van der Waals surface area (Å²) in [4.78, 5) is 10.7. The van der Waals surface area contributed by atoms with Crippen molar-refractivity contribution in [3.63, 3.8) is 0 Å². The molecule has 0 aromatic carbocycles. The molecule has 0 unspecified atom stereocenters. The molecular weight excluding hydrogens is 220 g/mol. The third-order valence-corrected chi connectivity index (χ3v) is 2.15. The lowest BCUT2D eigenvalue weighted by atomic mass is 10.3. The van der Waals surface area contributed by atoms with E-state index in [0.29, 0.717) is 16.3 Å². The van der Waals surface area contributed by atoms with Gasteiger partial charge in [0.1, 0.15) is 11.3 Å². The first-order valence-electron chi connectivity index (χ1n) is 4.08. The number of aromatic carboxylic acids is 1. The van der Waals surface area contributed by atoms with Crippen molar-refractivity contribution >= 4 is 23.1 Å². The highest BCUT2D eigenvalue weighted by Crippen LogP contribution is 2.24. The second-order valence-corrected chi connectivity index (χ2v) is 3.33. The molecule has 0 bridgehead atoms. The molecular formula is C9H7ClN2O3. The van der Waals surface area contributed by atoms with E-state index >= 15 is 0 Å². The van der Waals surface area contributed by atoms with E-state index in [1.54, 1.807) is 6.07 Å². The average Bonchev–Trinajstić information content (AvgIpc) is 2.59. The quantitative estimate of drug-likeness (QED) is 0.847. The minimum atomic E-state index is -1.09. The van der Waals surface area contributed by atoms with Crippen molar-refractivity contribution in [3.8, 4) is 5.75 Å². The molecule has 78 valence electrons. The van der Waals surface area contributed by atoms with Gasteiger partial charge in [-0.1, -0.05) is 11.6 Å². The van der Waals surface area contributed by atoms with Crippen molar-refractivity contribution in [2.45, 2.75) is 0 Å². The third kappa shape index (κ3) is 1.61. The molecule has 2 aromatic rings. The first kappa shape index (κ1) is 9.79. The maximum Gasteiger partial charge on any atom is 0.356 e. The van der Waals surface area contributed by atoms with E-state index in [4.69, 9.17) is 21.4 Å². The number of halogens is 1. The van der Waals surface area contributed by atoms with Crippen LogP contribution in [0.2, 0.25) is 5.02 Å². The molecule has 0 aliphatic heterocycles. The number of ether oxygens (including phenoxy) is 1. The van der Waals surface area contributed by atoms with Crippen LogP contribution in [0.3, 0.4) is 0 Å². The van der Waals surface area contributed by atoms with Gasteiger partial charge in [0, 0.05) is 18.3 Å². The topological polar surface area (TPSA) is 63.8 Å². The molecule has 0 saturated carbocycles. The van der Waals surface area contributed by atoms with Gasteiger partial charge in [0.15, 0.2) is 5.69 Å². The van der Waals surface area contributed by atoms with Gasteiger partial charge in [0.25, 0.3) is 0 Å². The number of carboxylic acid groups (broad SMARTS) is 1. The van der Waals surface area contributed by atoms with Crippen LogP contribution in [0.5, 0.6) is 5.75 Å². The Morgan fingerprint density at radius 2 is 2.33 bits per heavy atom. The predicted molar refractivity (Wildman–Crippen MR) is 53.7 cm³/mol. The van der Waals surface area contributed by atoms with Gasteiger partial charge < -0.3 is 9.84 Å². The number of aromatic nitrogens is 2. The van der Waals surface area contributed by atoms with Crippen molar-refractivity contribution < 1.29 is 14.6 Å². The van der Waals surface area contributed by atoms with Crippen LogP contribution in [-0.4, -0.2) is 27.8 Å². The molecule has 0 saturated heterocycles. The number of hydrogen-bond donors (Lipinski definition) is 1. The Labute approximate surface area is 89.8 Å². The number of hydrogen-bond acceptors (Lipinski definition) is 3. The molecule has 0 spiro atoms. The van der Waals surface area contributed by atoms with Crippen LogP contribution in [0.4, 0.5) is 0 Å². The summed E-state index contributed by atoms with van der Waals surface area (Å²) in [6, 6.07) is 3.03. The van der Waals surface area contributed by atoms with Crippen molar-refractivity contribution in [2.24, 2.45) is 0 Å². The molecule has 0 radical (unpaired) electrons. The van der Waals surface area contributed by atoms with Crippen molar-refractivity contribution in [1.29, 1.82) is 0 Å². The van der Waals surface area contributed by atoms with Crippen molar-refractivity contribution in [1.82, 2.24) is 9.61 Å². The van der Waals surface area contributed by atoms with Gasteiger partial charge in [-0.3, -0.25) is 0 Å². The van der Waals surface area contributed by atoms with Gasteiger partial charge in [-0.15, -0.1) is 0 Å². The molecule has 0 atom stereocenters. The summed E-state index contributed by atoms with van der Waals surface area (Å²) in [5.41, 5.74) is 0.523. The Balaban J connectivity index is 2.74. The molecule has 0 aliphatic rings. The molecule has 5 nitrogen and oxygen atoms in total. The summed E-state index contributed by atoms with van der Waals surface area (Å²) in [6.45, 7) is 0. The van der Waals surface area contributed by atoms with Crippen LogP contribution in [-0.2, 0) is 0 Å². The fourth-order valence-corrected chi connectivity index (χ4v) is 1.49. The largest absolute Gasteiger partial charge is 0.494 e. The highest BCUT2D eigenvalue weighted by atomic mass is 35.5. The lowest BCUT2D eigenvalue weighted by Crippen LogP contribution is -1.97. The number of carbonyl (C=O) groups is 1. The number of fused-ring (bicyclic) bond motifs is 1. The predicted octanol–water partition coefficient (Wildman–Crippen LogP) is 1.69. The van der Waals surface area contributed by atoms with E-state index in [-0.39, 0.29) is 5.69 Å². The minimum Gasteiger partial charge on any atom is -0.494 e. The molecule has 0 aliphatic carbocycles. The zero-order valence-electron chi connectivity index (χ0n) is 7.77. The van der Waals surface area contributed by atoms with Gasteiger partial charge in [0.05, 0.1) is 12.1 Å². The Bertz CT molecular complexity index is 535. The van der Waals surface area contributed by atoms with Crippen molar-refractivity contribution in [2.75, 3.05) is 7.11 Å². The maximum absolute atomic E-state index is 10.7. The monoisotopic (exact) mass is 226 g/mol. The van der Waals surface area contributed by atoms with Gasteiger partial charge in [0.2, 0.25) is 0 Å². The van der Waals surface area contributed by atoms with E-state index in [0.717, 1.165) is 0 Å². The van der Waals surface area contributed by atoms with E-state index < -0.39 is 5.97 Å². The number of carboxylic acids is 1. The van der Waals surface area contributed by atoms with Crippen LogP contribution in [0.25, 0.3) is 5.52 Å². The van der Waals surface area contributed by atoms with Crippen LogP contribution >= 0.6 is 11.6 Å². The van der Waals surface area contributed by atoms with Crippen LogP contribution in [0.15, 0.2) is 18.3 Å². The Morgan fingerprint density at radius 1 is 1.60 bits per heavy atom. The van der Waals surface area contributed by atoms with Crippen LogP contribution in [0.1, 0.15) is 10.5 Å². The van der Waals surface area contributed by atoms with Gasteiger partial charge in [-0.2, -0.15) is 5.10 Å². The van der Waals surface area contributed by atoms with Crippen LogP contribution in [0, 0.1) is 0 Å². The SMILES string of the molecule is COc1cc(Cl)cn2nc(C(=O)O)cc12. The zero-order chi connectivity index (χ0) is 11.0. The molecule has 2 aromatic heterocycles. The number of nitrogens with zero attached hydrogens (tertiary/aromatic N) is 2. The first-order valence-corrected chi connectivity index (χ1v) is 4.46.